The van der Waals surface area contributed by atoms with Crippen LogP contribution < -0.4 is 0 Å². The van der Waals surface area contributed by atoms with E-state index in [-0.39, 0.29) is 0 Å². The Morgan fingerprint density at radius 1 is 0.933 bits per heavy atom. The summed E-state index contributed by atoms with van der Waals surface area (Å²) in [4.78, 5) is 4.05. The molecule has 0 bridgehead atoms. The molecule has 0 spiro atoms. The highest BCUT2D eigenvalue weighted by atomic mass is 14.6. The standard InChI is InChI=1S/C10H9N.2C2H6/c1-8-3-2-4-9-7-11-6-5-10(8)9;2*1-2/h2-7H,1H3;2*1-2H3. The molecule has 0 amide bonds. The highest BCUT2D eigenvalue weighted by Gasteiger charge is 1.92. The lowest BCUT2D eigenvalue weighted by molar-refractivity contribution is 1.36. The van der Waals surface area contributed by atoms with Crippen molar-refractivity contribution in [1.82, 2.24) is 4.98 Å². The summed E-state index contributed by atoms with van der Waals surface area (Å²) < 4.78 is 0. The van der Waals surface area contributed by atoms with Crippen LogP contribution in [0, 0.1) is 6.92 Å². The second-order valence-electron chi connectivity index (χ2n) is 2.67. The molecule has 0 atom stereocenters. The number of hydrogen-bond donors (Lipinski definition) is 0. The molecule has 2 rings (SSSR count). The molecule has 0 unspecified atom stereocenters. The Kier molecular flexibility index (Phi) is 7.25. The SMILES string of the molecule is CC.CC.Cc1cccc2cnccc12. The van der Waals surface area contributed by atoms with Gasteiger partial charge in [-0.2, -0.15) is 0 Å². The first-order valence-corrected chi connectivity index (χ1v) is 5.67. The van der Waals surface area contributed by atoms with Crippen molar-refractivity contribution in [3.8, 4) is 0 Å². The van der Waals surface area contributed by atoms with Gasteiger partial charge in [-0.15, -0.1) is 0 Å². The minimum Gasteiger partial charge on any atom is -0.264 e. The lowest BCUT2D eigenvalue weighted by Gasteiger charge is -1.98. The Hall–Kier alpha value is -1.37. The average molecular weight is 203 g/mol. The van der Waals surface area contributed by atoms with Crippen LogP contribution in [0.15, 0.2) is 36.7 Å². The van der Waals surface area contributed by atoms with Crippen LogP contribution >= 0.6 is 0 Å². The minimum absolute atomic E-state index is 1.22. The molecular weight excluding hydrogens is 182 g/mol. The molecule has 1 heterocycles. The highest BCUT2D eigenvalue weighted by molar-refractivity contribution is 5.84. The van der Waals surface area contributed by atoms with E-state index in [1.807, 2.05) is 46.2 Å². The number of pyridine rings is 1. The van der Waals surface area contributed by atoms with Crippen LogP contribution in [0.2, 0.25) is 0 Å². The van der Waals surface area contributed by atoms with E-state index >= 15 is 0 Å². The van der Waals surface area contributed by atoms with E-state index in [1.165, 1.54) is 16.3 Å². The second kappa shape index (κ2) is 7.98. The number of benzene rings is 1. The van der Waals surface area contributed by atoms with E-state index in [9.17, 15) is 0 Å². The molecule has 0 saturated heterocycles. The van der Waals surface area contributed by atoms with Crippen molar-refractivity contribution in [3.05, 3.63) is 42.2 Å². The molecule has 1 aromatic carbocycles. The smallest absolute Gasteiger partial charge is 0.0346 e. The van der Waals surface area contributed by atoms with Gasteiger partial charge in [0.05, 0.1) is 0 Å². The average Bonchev–Trinajstić information content (AvgIpc) is 2.35. The third-order valence-corrected chi connectivity index (χ3v) is 1.90. The number of fused-ring (bicyclic) bond motifs is 1. The van der Waals surface area contributed by atoms with Crippen molar-refractivity contribution in [2.45, 2.75) is 34.6 Å². The molecule has 0 aliphatic carbocycles. The van der Waals surface area contributed by atoms with Crippen molar-refractivity contribution in [2.24, 2.45) is 0 Å². The molecule has 0 aliphatic heterocycles. The van der Waals surface area contributed by atoms with E-state index in [2.05, 4.69) is 30.1 Å². The van der Waals surface area contributed by atoms with Gasteiger partial charge in [0.2, 0.25) is 0 Å². The summed E-state index contributed by atoms with van der Waals surface area (Å²) in [7, 11) is 0. The second-order valence-corrected chi connectivity index (χ2v) is 2.67. The van der Waals surface area contributed by atoms with Gasteiger partial charge in [0.1, 0.15) is 0 Å². The maximum absolute atomic E-state index is 4.05. The molecule has 1 aromatic heterocycles. The van der Waals surface area contributed by atoms with Gasteiger partial charge in [0, 0.05) is 17.8 Å². The van der Waals surface area contributed by atoms with Gasteiger partial charge < -0.3 is 0 Å². The van der Waals surface area contributed by atoms with Gasteiger partial charge in [-0.05, 0) is 23.9 Å². The maximum atomic E-state index is 4.05. The van der Waals surface area contributed by atoms with E-state index in [1.54, 1.807) is 0 Å². The molecule has 0 N–H and O–H groups in total. The van der Waals surface area contributed by atoms with Crippen LogP contribution in [0.4, 0.5) is 0 Å². The fourth-order valence-corrected chi connectivity index (χ4v) is 1.28. The Balaban J connectivity index is 0.000000442. The van der Waals surface area contributed by atoms with Gasteiger partial charge in [0.15, 0.2) is 0 Å². The van der Waals surface area contributed by atoms with Crippen molar-refractivity contribution in [3.63, 3.8) is 0 Å². The summed E-state index contributed by atoms with van der Waals surface area (Å²) in [5.74, 6) is 0. The molecule has 0 fully saturated rings. The summed E-state index contributed by atoms with van der Waals surface area (Å²) in [5.41, 5.74) is 1.31. The number of hydrogen-bond acceptors (Lipinski definition) is 1. The van der Waals surface area contributed by atoms with E-state index in [0.29, 0.717) is 0 Å². The summed E-state index contributed by atoms with van der Waals surface area (Å²) in [6, 6.07) is 8.29. The first-order valence-electron chi connectivity index (χ1n) is 5.67. The summed E-state index contributed by atoms with van der Waals surface area (Å²) in [5, 5.41) is 2.51. The Morgan fingerprint density at radius 3 is 2.20 bits per heavy atom. The zero-order valence-electron chi connectivity index (χ0n) is 10.4. The van der Waals surface area contributed by atoms with Crippen LogP contribution in [0.5, 0.6) is 0 Å². The lowest BCUT2D eigenvalue weighted by Crippen LogP contribution is -1.77. The lowest BCUT2D eigenvalue weighted by atomic mass is 10.1. The van der Waals surface area contributed by atoms with Crippen LogP contribution in [-0.4, -0.2) is 4.98 Å². The quantitative estimate of drug-likeness (QED) is 0.610. The number of aryl methyl sites for hydroxylation is 1. The van der Waals surface area contributed by atoms with Crippen molar-refractivity contribution >= 4 is 10.8 Å². The highest BCUT2D eigenvalue weighted by Crippen LogP contribution is 2.15. The van der Waals surface area contributed by atoms with Crippen LogP contribution in [-0.2, 0) is 0 Å². The Labute approximate surface area is 93.2 Å². The van der Waals surface area contributed by atoms with Crippen LogP contribution in [0.25, 0.3) is 10.8 Å². The number of nitrogens with zero attached hydrogens (tertiary/aromatic N) is 1. The molecule has 0 saturated carbocycles. The van der Waals surface area contributed by atoms with Gasteiger partial charge in [-0.3, -0.25) is 4.98 Å². The molecule has 2 aromatic rings. The molecular formula is C14H21N. The number of aromatic nitrogens is 1. The third-order valence-electron chi connectivity index (χ3n) is 1.90. The van der Waals surface area contributed by atoms with Crippen LogP contribution in [0.3, 0.4) is 0 Å². The van der Waals surface area contributed by atoms with Gasteiger partial charge in [0.25, 0.3) is 0 Å². The Bertz CT molecular complexity index is 375. The molecule has 1 heteroatoms. The van der Waals surface area contributed by atoms with Crippen molar-refractivity contribution in [1.29, 1.82) is 0 Å². The zero-order valence-corrected chi connectivity index (χ0v) is 10.4. The summed E-state index contributed by atoms with van der Waals surface area (Å²) >= 11 is 0. The fourth-order valence-electron chi connectivity index (χ4n) is 1.28. The topological polar surface area (TPSA) is 12.9 Å². The predicted molar refractivity (Wildman–Crippen MR) is 69.2 cm³/mol. The van der Waals surface area contributed by atoms with Gasteiger partial charge >= 0.3 is 0 Å². The summed E-state index contributed by atoms with van der Waals surface area (Å²) in [6.45, 7) is 10.1. The third kappa shape index (κ3) is 3.70. The zero-order chi connectivity index (χ0) is 11.7. The van der Waals surface area contributed by atoms with E-state index in [0.717, 1.165) is 0 Å². The first-order chi connectivity index (χ1) is 7.38. The van der Waals surface area contributed by atoms with Crippen molar-refractivity contribution in [2.75, 3.05) is 0 Å². The summed E-state index contributed by atoms with van der Waals surface area (Å²) in [6.07, 6.45) is 3.72. The van der Waals surface area contributed by atoms with E-state index < -0.39 is 0 Å². The van der Waals surface area contributed by atoms with Gasteiger partial charge in [-0.25, -0.2) is 0 Å². The monoisotopic (exact) mass is 203 g/mol. The number of rotatable bonds is 0. The van der Waals surface area contributed by atoms with Gasteiger partial charge in [-0.1, -0.05) is 45.9 Å². The minimum atomic E-state index is 1.22. The molecule has 0 radical (unpaired) electrons. The largest absolute Gasteiger partial charge is 0.264 e. The molecule has 0 aliphatic rings. The molecule has 82 valence electrons. The predicted octanol–water partition coefficient (Wildman–Crippen LogP) is 4.60. The Morgan fingerprint density at radius 2 is 1.60 bits per heavy atom. The molecule has 15 heavy (non-hydrogen) atoms. The van der Waals surface area contributed by atoms with Crippen LogP contribution in [0.1, 0.15) is 33.3 Å². The molecule has 1 nitrogen and oxygen atoms in total. The van der Waals surface area contributed by atoms with E-state index in [4.69, 9.17) is 0 Å². The first kappa shape index (κ1) is 13.6. The maximum Gasteiger partial charge on any atom is 0.0346 e. The fraction of sp³-hybridized carbons (Fsp3) is 0.357. The normalized spacial score (nSPS) is 8.33. The van der Waals surface area contributed by atoms with Crippen molar-refractivity contribution < 1.29 is 0 Å².